The Hall–Kier alpha value is -2.53. The molecule has 2 aromatic carbocycles. The maximum absolute atomic E-state index is 13.4. The summed E-state index contributed by atoms with van der Waals surface area (Å²) in [5.41, 5.74) is 4.31. The zero-order chi connectivity index (χ0) is 20.6. The SMILES string of the molecule is O=c1c2c(c3nn(CC4(CN5CCCCC5)CC4)nc3c3ccccc13)C1CC1C=C2. The molecule has 1 aromatic heterocycles. The van der Waals surface area contributed by atoms with Gasteiger partial charge in [-0.05, 0) is 62.6 Å². The Morgan fingerprint density at radius 1 is 0.968 bits per heavy atom. The van der Waals surface area contributed by atoms with Crippen LogP contribution in [0, 0.1) is 11.3 Å². The third-order valence-electron chi connectivity index (χ3n) is 8.03. The first kappa shape index (κ1) is 18.1. The standard InChI is InChI=1S/C26H28N4O/c31-25-19-7-3-2-6-18(19)23-24(22-20(25)9-8-17-14-21(17)22)28-30(27-23)16-26(10-11-26)15-29-12-4-1-5-13-29/h2-3,6-9,17,21H,1,4-5,10-16H2. The van der Waals surface area contributed by atoms with Gasteiger partial charge < -0.3 is 4.90 Å². The van der Waals surface area contributed by atoms with E-state index in [1.54, 1.807) is 0 Å². The van der Waals surface area contributed by atoms with E-state index in [0.29, 0.717) is 17.3 Å². The van der Waals surface area contributed by atoms with Crippen molar-refractivity contribution in [2.45, 2.75) is 51.0 Å². The van der Waals surface area contributed by atoms with Crippen molar-refractivity contribution in [3.8, 4) is 0 Å². The van der Waals surface area contributed by atoms with Gasteiger partial charge in [0.05, 0.1) is 6.54 Å². The van der Waals surface area contributed by atoms with E-state index in [9.17, 15) is 4.79 Å². The third-order valence-corrected chi connectivity index (χ3v) is 8.03. The van der Waals surface area contributed by atoms with Crippen LogP contribution in [0.4, 0.5) is 0 Å². The monoisotopic (exact) mass is 412 g/mol. The van der Waals surface area contributed by atoms with Gasteiger partial charge in [-0.3, -0.25) is 4.79 Å². The van der Waals surface area contributed by atoms with Gasteiger partial charge in [0.15, 0.2) is 5.43 Å². The minimum atomic E-state index is 0.127. The van der Waals surface area contributed by atoms with Crippen LogP contribution >= 0.6 is 0 Å². The normalized spacial score (nSPS) is 26.1. The molecule has 158 valence electrons. The van der Waals surface area contributed by atoms with E-state index >= 15 is 0 Å². The van der Waals surface area contributed by atoms with E-state index in [-0.39, 0.29) is 5.43 Å². The molecule has 3 aliphatic carbocycles. The molecule has 5 heteroatoms. The molecule has 0 spiro atoms. The number of fused-ring (bicyclic) bond motifs is 7. The van der Waals surface area contributed by atoms with Crippen LogP contribution in [0.1, 0.15) is 55.6 Å². The summed E-state index contributed by atoms with van der Waals surface area (Å²) in [7, 11) is 0. The van der Waals surface area contributed by atoms with Crippen molar-refractivity contribution in [3.05, 3.63) is 51.7 Å². The van der Waals surface area contributed by atoms with E-state index in [1.165, 1.54) is 51.7 Å². The second kappa shape index (κ2) is 6.49. The second-order valence-electron chi connectivity index (χ2n) is 10.3. The average Bonchev–Trinajstić information content (AvgIpc) is 3.70. The molecule has 0 amide bonds. The maximum atomic E-state index is 13.4. The van der Waals surface area contributed by atoms with Crippen LogP contribution in [0.3, 0.4) is 0 Å². The number of allylic oxidation sites excluding steroid dienone is 1. The van der Waals surface area contributed by atoms with Crippen LogP contribution < -0.4 is 5.43 Å². The Morgan fingerprint density at radius 2 is 1.74 bits per heavy atom. The van der Waals surface area contributed by atoms with Crippen LogP contribution in [0.15, 0.2) is 35.1 Å². The first-order valence-corrected chi connectivity index (χ1v) is 12.0. The summed E-state index contributed by atoms with van der Waals surface area (Å²) in [5.74, 6) is 1.00. The van der Waals surface area contributed by atoms with Gasteiger partial charge in [-0.15, -0.1) is 0 Å². The zero-order valence-corrected chi connectivity index (χ0v) is 17.9. The molecule has 0 radical (unpaired) electrons. The summed E-state index contributed by atoms with van der Waals surface area (Å²) >= 11 is 0. The molecule has 1 aliphatic heterocycles. The summed E-state index contributed by atoms with van der Waals surface area (Å²) in [5, 5.41) is 11.8. The molecule has 0 N–H and O–H groups in total. The van der Waals surface area contributed by atoms with Crippen molar-refractivity contribution >= 4 is 27.9 Å². The predicted molar refractivity (Wildman–Crippen MR) is 123 cm³/mol. The minimum Gasteiger partial charge on any atom is -0.303 e. The molecule has 2 heterocycles. The van der Waals surface area contributed by atoms with E-state index in [2.05, 4.69) is 17.1 Å². The van der Waals surface area contributed by atoms with Crippen LogP contribution in [0.2, 0.25) is 0 Å². The van der Waals surface area contributed by atoms with Crippen molar-refractivity contribution < 1.29 is 0 Å². The van der Waals surface area contributed by atoms with E-state index < -0.39 is 0 Å². The van der Waals surface area contributed by atoms with Gasteiger partial charge in [0.2, 0.25) is 0 Å². The van der Waals surface area contributed by atoms with Crippen molar-refractivity contribution in [2.24, 2.45) is 11.3 Å². The highest BCUT2D eigenvalue weighted by Gasteiger charge is 2.46. The number of hydrogen-bond donors (Lipinski definition) is 0. The lowest BCUT2D eigenvalue weighted by Crippen LogP contribution is -2.36. The first-order valence-electron chi connectivity index (χ1n) is 12.0. The summed E-state index contributed by atoms with van der Waals surface area (Å²) in [6.45, 7) is 4.55. The van der Waals surface area contributed by atoms with Crippen molar-refractivity contribution in [1.29, 1.82) is 0 Å². The molecule has 4 aliphatic rings. The lowest BCUT2D eigenvalue weighted by atomic mass is 9.98. The summed E-state index contributed by atoms with van der Waals surface area (Å²) in [6.07, 6.45) is 12.0. The van der Waals surface area contributed by atoms with E-state index in [0.717, 1.165) is 45.9 Å². The summed E-state index contributed by atoms with van der Waals surface area (Å²) in [6, 6.07) is 7.95. The van der Waals surface area contributed by atoms with Gasteiger partial charge in [0.1, 0.15) is 11.0 Å². The fourth-order valence-corrected chi connectivity index (χ4v) is 6.02. The second-order valence-corrected chi connectivity index (χ2v) is 10.3. The van der Waals surface area contributed by atoms with Gasteiger partial charge in [-0.2, -0.15) is 15.0 Å². The highest BCUT2D eigenvalue weighted by atomic mass is 16.1. The highest BCUT2D eigenvalue weighted by molar-refractivity contribution is 6.05. The largest absolute Gasteiger partial charge is 0.303 e. The van der Waals surface area contributed by atoms with Crippen molar-refractivity contribution in [2.75, 3.05) is 19.6 Å². The van der Waals surface area contributed by atoms with Crippen LogP contribution in [0.5, 0.6) is 0 Å². The smallest absolute Gasteiger partial charge is 0.194 e. The molecular weight excluding hydrogens is 384 g/mol. The highest BCUT2D eigenvalue weighted by Crippen LogP contribution is 2.54. The molecule has 7 rings (SSSR count). The van der Waals surface area contributed by atoms with Gasteiger partial charge >= 0.3 is 0 Å². The van der Waals surface area contributed by atoms with E-state index in [4.69, 9.17) is 10.2 Å². The quantitative estimate of drug-likeness (QED) is 0.640. The fourth-order valence-electron chi connectivity index (χ4n) is 6.02. The Morgan fingerprint density at radius 3 is 2.55 bits per heavy atom. The number of piperidine rings is 1. The molecule has 3 aromatic rings. The van der Waals surface area contributed by atoms with Gasteiger partial charge in [-0.1, -0.05) is 42.8 Å². The number of nitrogens with zero attached hydrogens (tertiary/aromatic N) is 4. The number of likely N-dealkylation sites (tertiary alicyclic amines) is 1. The first-order chi connectivity index (χ1) is 15.2. The summed E-state index contributed by atoms with van der Waals surface area (Å²) < 4.78 is 0. The molecule has 2 atom stereocenters. The van der Waals surface area contributed by atoms with Gasteiger partial charge in [0.25, 0.3) is 0 Å². The van der Waals surface area contributed by atoms with Gasteiger partial charge in [0, 0.05) is 28.3 Å². The molecule has 1 saturated heterocycles. The molecule has 5 nitrogen and oxygen atoms in total. The number of hydrogen-bond acceptors (Lipinski definition) is 4. The Balaban J connectivity index is 1.36. The van der Waals surface area contributed by atoms with Crippen molar-refractivity contribution in [1.82, 2.24) is 19.9 Å². The lowest BCUT2D eigenvalue weighted by Gasteiger charge is -2.30. The van der Waals surface area contributed by atoms with E-state index in [1.807, 2.05) is 29.1 Å². The summed E-state index contributed by atoms with van der Waals surface area (Å²) in [4.78, 5) is 18.0. The molecule has 0 bridgehead atoms. The van der Waals surface area contributed by atoms with Crippen LogP contribution in [-0.2, 0) is 6.54 Å². The maximum Gasteiger partial charge on any atom is 0.194 e. The Labute approximate surface area is 181 Å². The lowest BCUT2D eigenvalue weighted by molar-refractivity contribution is 0.170. The number of rotatable bonds is 4. The Kier molecular flexibility index (Phi) is 3.78. The minimum absolute atomic E-state index is 0.127. The van der Waals surface area contributed by atoms with Crippen molar-refractivity contribution in [3.63, 3.8) is 0 Å². The predicted octanol–water partition coefficient (Wildman–Crippen LogP) is 4.34. The molecule has 3 fully saturated rings. The third kappa shape index (κ3) is 2.89. The van der Waals surface area contributed by atoms with Crippen LogP contribution in [0.25, 0.3) is 27.9 Å². The number of benzene rings is 1. The molecule has 2 unspecified atom stereocenters. The topological polar surface area (TPSA) is 51.0 Å². The molecule has 31 heavy (non-hydrogen) atoms. The molecule has 2 saturated carbocycles. The van der Waals surface area contributed by atoms with Gasteiger partial charge in [-0.25, -0.2) is 0 Å². The zero-order valence-electron chi connectivity index (χ0n) is 17.9. The molecular formula is C26H28N4O. The number of aromatic nitrogens is 3. The Bertz CT molecular complexity index is 1300. The van der Waals surface area contributed by atoms with Crippen LogP contribution in [-0.4, -0.2) is 39.5 Å². The average molecular weight is 413 g/mol. The fraction of sp³-hybridized carbons (Fsp3) is 0.500.